The number of fused-ring (bicyclic) bond motifs is 1. The Labute approximate surface area is 91.9 Å². The first-order valence-electron chi connectivity index (χ1n) is 4.52. The minimum absolute atomic E-state index is 0.631. The molecule has 1 aliphatic heterocycles. The fourth-order valence-electron chi connectivity index (χ4n) is 1.43. The number of amides is 2. The molecule has 0 aromatic heterocycles. The zero-order valence-corrected chi connectivity index (χ0v) is 9.10. The van der Waals surface area contributed by atoms with Crippen LogP contribution in [0.3, 0.4) is 0 Å². The Hall–Kier alpha value is -1.49. The summed E-state index contributed by atoms with van der Waals surface area (Å²) in [4.78, 5) is 11.7. The van der Waals surface area contributed by atoms with Gasteiger partial charge in [0.15, 0.2) is 0 Å². The normalized spacial score (nSPS) is 16.5. The van der Waals surface area contributed by atoms with Crippen molar-refractivity contribution in [3.63, 3.8) is 0 Å². The van der Waals surface area contributed by atoms with E-state index in [0.29, 0.717) is 0 Å². The highest BCUT2D eigenvalue weighted by molar-refractivity contribution is 8.00. The van der Waals surface area contributed by atoms with Crippen molar-refractivity contribution < 1.29 is 4.79 Å². The summed E-state index contributed by atoms with van der Waals surface area (Å²) < 4.78 is 0. The number of primary amides is 1. The molecular weight excluding hydrogens is 210 g/mol. The van der Waals surface area contributed by atoms with Gasteiger partial charge in [0.2, 0.25) is 0 Å². The molecule has 0 unspecified atom stereocenters. The number of nitrogens with two attached hydrogens (primary N) is 1. The summed E-state index contributed by atoms with van der Waals surface area (Å²) in [5.74, 6) is 0.777. The summed E-state index contributed by atoms with van der Waals surface area (Å²) in [6, 6.07) is 5.57. The van der Waals surface area contributed by atoms with Crippen molar-refractivity contribution in [3.8, 4) is 0 Å². The van der Waals surface area contributed by atoms with Gasteiger partial charge in [-0.3, -0.25) is 0 Å². The number of urea groups is 1. The zero-order chi connectivity index (χ0) is 10.8. The minimum Gasteiger partial charge on any atom is -0.350 e. The maximum absolute atomic E-state index is 10.5. The van der Waals surface area contributed by atoms with Gasteiger partial charge in [0, 0.05) is 16.2 Å². The molecule has 0 saturated heterocycles. The molecule has 1 aliphatic rings. The first-order valence-corrected chi connectivity index (χ1v) is 5.51. The molecule has 0 atom stereocenters. The van der Waals surface area contributed by atoms with Gasteiger partial charge >= 0.3 is 6.03 Å². The predicted molar refractivity (Wildman–Crippen MR) is 61.2 cm³/mol. The Bertz CT molecular complexity index is 442. The molecule has 1 heterocycles. The van der Waals surface area contributed by atoms with Gasteiger partial charge in [0.1, 0.15) is 0 Å². The summed E-state index contributed by atoms with van der Waals surface area (Å²) >= 11 is 1.71. The van der Waals surface area contributed by atoms with E-state index in [2.05, 4.69) is 28.7 Å². The third kappa shape index (κ3) is 2.12. The van der Waals surface area contributed by atoms with Crippen LogP contribution in [0.5, 0.6) is 0 Å². The van der Waals surface area contributed by atoms with Gasteiger partial charge in [-0.25, -0.2) is 10.2 Å². The number of benzene rings is 1. The molecule has 0 bridgehead atoms. The fraction of sp³-hybridized carbons (Fsp3) is 0.200. The van der Waals surface area contributed by atoms with Gasteiger partial charge in [-0.15, -0.1) is 11.8 Å². The topological polar surface area (TPSA) is 67.5 Å². The summed E-state index contributed by atoms with van der Waals surface area (Å²) in [5.41, 5.74) is 10.4. The van der Waals surface area contributed by atoms with E-state index in [-0.39, 0.29) is 0 Å². The summed E-state index contributed by atoms with van der Waals surface area (Å²) in [6.07, 6.45) is 0. The Balaban J connectivity index is 2.31. The lowest BCUT2D eigenvalue weighted by Crippen LogP contribution is -2.26. The smallest absolute Gasteiger partial charge is 0.332 e. The van der Waals surface area contributed by atoms with E-state index in [0.717, 1.165) is 17.0 Å². The molecule has 0 radical (unpaired) electrons. The number of hydrogen-bond acceptors (Lipinski definition) is 3. The second-order valence-electron chi connectivity index (χ2n) is 3.32. The Kier molecular flexibility index (Phi) is 2.64. The zero-order valence-electron chi connectivity index (χ0n) is 8.28. The number of nitrogens with one attached hydrogen (secondary N) is 1. The van der Waals surface area contributed by atoms with E-state index in [4.69, 9.17) is 5.73 Å². The van der Waals surface area contributed by atoms with Crippen molar-refractivity contribution in [1.82, 2.24) is 5.43 Å². The van der Waals surface area contributed by atoms with Crippen molar-refractivity contribution in [1.29, 1.82) is 0 Å². The number of carbonyl (C=O) groups excluding carboxylic acids is 1. The molecule has 15 heavy (non-hydrogen) atoms. The molecule has 78 valence electrons. The number of rotatable bonds is 1. The van der Waals surface area contributed by atoms with Crippen molar-refractivity contribution in [3.05, 3.63) is 29.3 Å². The van der Waals surface area contributed by atoms with Gasteiger partial charge in [0.05, 0.1) is 5.71 Å². The third-order valence-electron chi connectivity index (χ3n) is 2.11. The van der Waals surface area contributed by atoms with Crippen LogP contribution in [-0.4, -0.2) is 17.5 Å². The van der Waals surface area contributed by atoms with Gasteiger partial charge in [-0.2, -0.15) is 5.10 Å². The molecule has 0 spiro atoms. The van der Waals surface area contributed by atoms with Gasteiger partial charge in [-0.1, -0.05) is 11.6 Å². The van der Waals surface area contributed by atoms with Crippen molar-refractivity contribution in [2.24, 2.45) is 10.8 Å². The highest BCUT2D eigenvalue weighted by atomic mass is 32.2. The molecule has 1 aromatic rings. The van der Waals surface area contributed by atoms with Crippen molar-refractivity contribution in [2.75, 3.05) is 5.75 Å². The maximum Gasteiger partial charge on any atom is 0.332 e. The Morgan fingerprint density at radius 1 is 1.60 bits per heavy atom. The molecule has 1 aromatic carbocycles. The maximum atomic E-state index is 10.5. The Morgan fingerprint density at radius 2 is 2.40 bits per heavy atom. The SMILES string of the molecule is Cc1ccc2c(c1)/C(=N/NC(N)=O)CS2. The predicted octanol–water partition coefficient (Wildman–Crippen LogP) is 1.47. The summed E-state index contributed by atoms with van der Waals surface area (Å²) in [7, 11) is 0. The molecule has 0 saturated carbocycles. The number of hydrazone groups is 1. The number of thioether (sulfide) groups is 1. The van der Waals surface area contributed by atoms with Gasteiger partial charge in [-0.05, 0) is 19.1 Å². The number of hydrogen-bond donors (Lipinski definition) is 2. The van der Waals surface area contributed by atoms with E-state index in [1.54, 1.807) is 11.8 Å². The fourth-order valence-corrected chi connectivity index (χ4v) is 2.44. The molecule has 2 rings (SSSR count). The van der Waals surface area contributed by atoms with Crippen LogP contribution >= 0.6 is 11.8 Å². The number of carbonyl (C=O) groups is 1. The largest absolute Gasteiger partial charge is 0.350 e. The third-order valence-corrected chi connectivity index (χ3v) is 3.20. The lowest BCUT2D eigenvalue weighted by Gasteiger charge is -2.00. The standard InChI is InChI=1S/C10H11N3OS/c1-6-2-3-9-7(4-6)8(5-15-9)12-13-10(11)14/h2-4H,5H2,1H3,(H3,11,13,14)/b12-8+. The van der Waals surface area contributed by atoms with Crippen LogP contribution in [0.2, 0.25) is 0 Å². The van der Waals surface area contributed by atoms with Crippen LogP contribution in [-0.2, 0) is 0 Å². The number of aryl methyl sites for hydroxylation is 1. The molecule has 0 fully saturated rings. The van der Waals surface area contributed by atoms with Crippen molar-refractivity contribution in [2.45, 2.75) is 11.8 Å². The highest BCUT2D eigenvalue weighted by Crippen LogP contribution is 2.31. The monoisotopic (exact) mass is 221 g/mol. The van der Waals surface area contributed by atoms with E-state index < -0.39 is 6.03 Å². The second-order valence-corrected chi connectivity index (χ2v) is 4.34. The molecule has 2 amide bonds. The average Bonchev–Trinajstić information content (AvgIpc) is 2.57. The number of nitrogens with zero attached hydrogens (tertiary/aromatic N) is 1. The van der Waals surface area contributed by atoms with Crippen LogP contribution in [0.1, 0.15) is 11.1 Å². The summed E-state index contributed by atoms with van der Waals surface area (Å²) in [6.45, 7) is 2.03. The van der Waals surface area contributed by atoms with Gasteiger partial charge in [0.25, 0.3) is 0 Å². The lowest BCUT2D eigenvalue weighted by molar-refractivity contribution is 0.249. The summed E-state index contributed by atoms with van der Waals surface area (Å²) in [5, 5.41) is 3.98. The van der Waals surface area contributed by atoms with E-state index in [1.165, 1.54) is 10.5 Å². The minimum atomic E-state index is -0.631. The molecule has 4 nitrogen and oxygen atoms in total. The molecule has 0 aliphatic carbocycles. The van der Waals surface area contributed by atoms with E-state index in [1.807, 2.05) is 6.92 Å². The van der Waals surface area contributed by atoms with Crippen LogP contribution in [0.15, 0.2) is 28.2 Å². The molecule has 5 heteroatoms. The second kappa shape index (κ2) is 3.94. The van der Waals surface area contributed by atoms with E-state index in [9.17, 15) is 4.79 Å². The van der Waals surface area contributed by atoms with Crippen LogP contribution in [0.4, 0.5) is 4.79 Å². The molecular formula is C10H11N3OS. The first kappa shape index (κ1) is 10.0. The highest BCUT2D eigenvalue weighted by Gasteiger charge is 2.18. The first-order chi connectivity index (χ1) is 7.16. The lowest BCUT2D eigenvalue weighted by atomic mass is 10.1. The Morgan fingerprint density at radius 3 is 3.13 bits per heavy atom. The van der Waals surface area contributed by atoms with E-state index >= 15 is 0 Å². The van der Waals surface area contributed by atoms with Crippen molar-refractivity contribution >= 4 is 23.5 Å². The van der Waals surface area contributed by atoms with Gasteiger partial charge < -0.3 is 5.73 Å². The average molecular weight is 221 g/mol. The van der Waals surface area contributed by atoms with Crippen LogP contribution < -0.4 is 11.2 Å². The van der Waals surface area contributed by atoms with Crippen LogP contribution in [0, 0.1) is 6.92 Å². The van der Waals surface area contributed by atoms with Crippen LogP contribution in [0.25, 0.3) is 0 Å². The quantitative estimate of drug-likeness (QED) is 0.705. The molecule has 3 N–H and O–H groups in total.